The molecular formula is C11H13Cl2NO2S. The van der Waals surface area contributed by atoms with Crippen molar-refractivity contribution in [1.82, 2.24) is 5.32 Å². The maximum atomic E-state index is 11.9. The van der Waals surface area contributed by atoms with Gasteiger partial charge < -0.3 is 5.32 Å². The smallest absolute Gasteiger partial charge is 0.179 e. The minimum atomic E-state index is -3.35. The summed E-state index contributed by atoms with van der Waals surface area (Å²) >= 11 is 11.5. The molecule has 0 aliphatic carbocycles. The van der Waals surface area contributed by atoms with Gasteiger partial charge in [0.15, 0.2) is 9.84 Å². The van der Waals surface area contributed by atoms with Crippen LogP contribution in [-0.2, 0) is 9.84 Å². The Labute approximate surface area is 111 Å². The molecule has 0 aromatic heterocycles. The Balaban J connectivity index is 2.78. The van der Waals surface area contributed by atoms with Crippen LogP contribution in [0.1, 0.15) is 0 Å². The lowest BCUT2D eigenvalue weighted by Gasteiger charge is -2.06. The van der Waals surface area contributed by atoms with E-state index in [1.165, 1.54) is 18.2 Å². The first-order valence-corrected chi connectivity index (χ1v) is 7.37. The van der Waals surface area contributed by atoms with Gasteiger partial charge in [-0.05, 0) is 18.2 Å². The van der Waals surface area contributed by atoms with E-state index < -0.39 is 9.84 Å². The van der Waals surface area contributed by atoms with Crippen LogP contribution in [-0.4, -0.2) is 27.3 Å². The molecule has 0 saturated carbocycles. The second kappa shape index (κ2) is 6.40. The molecule has 0 saturated heterocycles. The van der Waals surface area contributed by atoms with Crippen molar-refractivity contribution in [1.29, 1.82) is 0 Å². The molecule has 0 spiro atoms. The third kappa shape index (κ3) is 4.68. The first-order valence-electron chi connectivity index (χ1n) is 4.96. The van der Waals surface area contributed by atoms with E-state index in [4.69, 9.17) is 23.2 Å². The number of nitrogens with one attached hydrogen (secondary N) is 1. The largest absolute Gasteiger partial charge is 0.312 e. The second-order valence-electron chi connectivity index (χ2n) is 3.42. The van der Waals surface area contributed by atoms with Gasteiger partial charge in [-0.15, -0.1) is 6.58 Å². The number of hydrogen-bond donors (Lipinski definition) is 1. The van der Waals surface area contributed by atoms with E-state index in [0.29, 0.717) is 23.1 Å². The van der Waals surface area contributed by atoms with Crippen molar-refractivity contribution in [2.24, 2.45) is 0 Å². The van der Waals surface area contributed by atoms with Gasteiger partial charge in [-0.3, -0.25) is 0 Å². The lowest BCUT2D eigenvalue weighted by Crippen LogP contribution is -2.23. The van der Waals surface area contributed by atoms with Gasteiger partial charge in [0.25, 0.3) is 0 Å². The third-order valence-electron chi connectivity index (χ3n) is 2.03. The van der Waals surface area contributed by atoms with Gasteiger partial charge in [0.05, 0.1) is 10.6 Å². The minimum absolute atomic E-state index is 0.00247. The van der Waals surface area contributed by atoms with Crippen molar-refractivity contribution in [2.45, 2.75) is 4.90 Å². The van der Waals surface area contributed by atoms with Crippen LogP contribution in [0.15, 0.2) is 35.7 Å². The molecule has 0 unspecified atom stereocenters. The number of hydrogen-bond acceptors (Lipinski definition) is 3. The van der Waals surface area contributed by atoms with Crippen molar-refractivity contribution in [3.63, 3.8) is 0 Å². The van der Waals surface area contributed by atoms with Crippen molar-refractivity contribution in [2.75, 3.05) is 18.8 Å². The Kier molecular flexibility index (Phi) is 5.46. The molecule has 94 valence electrons. The topological polar surface area (TPSA) is 46.2 Å². The predicted octanol–water partition coefficient (Wildman–Crippen LogP) is 2.54. The highest BCUT2D eigenvalue weighted by Gasteiger charge is 2.15. The third-order valence-corrected chi connectivity index (χ3v) is 4.16. The predicted molar refractivity (Wildman–Crippen MR) is 71.6 cm³/mol. The van der Waals surface area contributed by atoms with E-state index in [0.717, 1.165) is 0 Å². The fourth-order valence-electron chi connectivity index (χ4n) is 1.24. The molecule has 6 heteroatoms. The molecule has 0 radical (unpaired) electrons. The van der Waals surface area contributed by atoms with E-state index >= 15 is 0 Å². The van der Waals surface area contributed by atoms with E-state index in [1.807, 2.05) is 0 Å². The van der Waals surface area contributed by atoms with Gasteiger partial charge in [0.1, 0.15) is 0 Å². The molecule has 1 aromatic carbocycles. The van der Waals surface area contributed by atoms with Crippen LogP contribution in [0.3, 0.4) is 0 Å². The standard InChI is InChI=1S/C11H13Cl2NO2S/c1-2-3-14-4-5-17(15,16)11-7-9(12)6-10(13)8-11/h2,6-8,14H,1,3-5H2. The van der Waals surface area contributed by atoms with Crippen LogP contribution in [0.2, 0.25) is 10.0 Å². The summed E-state index contributed by atoms with van der Waals surface area (Å²) in [4.78, 5) is 0.149. The summed E-state index contributed by atoms with van der Waals surface area (Å²) in [5.74, 6) is -0.00247. The highest BCUT2D eigenvalue weighted by Crippen LogP contribution is 2.22. The summed E-state index contributed by atoms with van der Waals surface area (Å²) in [6, 6.07) is 4.30. The molecule has 0 amide bonds. The molecule has 17 heavy (non-hydrogen) atoms. The fraction of sp³-hybridized carbons (Fsp3) is 0.273. The number of halogens is 2. The van der Waals surface area contributed by atoms with Crippen LogP contribution in [0, 0.1) is 0 Å². The van der Waals surface area contributed by atoms with Crippen LogP contribution in [0.25, 0.3) is 0 Å². The van der Waals surface area contributed by atoms with Crippen LogP contribution >= 0.6 is 23.2 Å². The normalized spacial score (nSPS) is 11.4. The average molecular weight is 294 g/mol. The number of rotatable bonds is 6. The quantitative estimate of drug-likeness (QED) is 0.648. The summed E-state index contributed by atoms with van der Waals surface area (Å²) in [5.41, 5.74) is 0. The van der Waals surface area contributed by atoms with E-state index in [-0.39, 0.29) is 10.6 Å². The van der Waals surface area contributed by atoms with E-state index in [1.54, 1.807) is 6.08 Å². The summed E-state index contributed by atoms with van der Waals surface area (Å²) in [7, 11) is -3.35. The Hall–Kier alpha value is -0.550. The molecule has 0 heterocycles. The maximum Gasteiger partial charge on any atom is 0.179 e. The van der Waals surface area contributed by atoms with E-state index in [2.05, 4.69) is 11.9 Å². The van der Waals surface area contributed by atoms with Gasteiger partial charge in [-0.25, -0.2) is 8.42 Å². The molecular weight excluding hydrogens is 281 g/mol. The first kappa shape index (κ1) is 14.5. The van der Waals surface area contributed by atoms with Crippen molar-refractivity contribution < 1.29 is 8.42 Å². The van der Waals surface area contributed by atoms with Crippen LogP contribution < -0.4 is 5.32 Å². The Morgan fingerprint density at radius 2 is 1.82 bits per heavy atom. The lowest BCUT2D eigenvalue weighted by molar-refractivity contribution is 0.592. The van der Waals surface area contributed by atoms with Crippen molar-refractivity contribution >= 4 is 33.0 Å². The van der Waals surface area contributed by atoms with Gasteiger partial charge in [-0.2, -0.15) is 0 Å². The summed E-state index contributed by atoms with van der Waals surface area (Å²) < 4.78 is 23.8. The SMILES string of the molecule is C=CCNCCS(=O)(=O)c1cc(Cl)cc(Cl)c1. The zero-order chi connectivity index (χ0) is 12.9. The first-order chi connectivity index (χ1) is 7.95. The molecule has 0 bridgehead atoms. The highest BCUT2D eigenvalue weighted by atomic mass is 35.5. The van der Waals surface area contributed by atoms with E-state index in [9.17, 15) is 8.42 Å². The highest BCUT2D eigenvalue weighted by molar-refractivity contribution is 7.91. The van der Waals surface area contributed by atoms with Gasteiger partial charge in [0, 0.05) is 23.1 Å². The van der Waals surface area contributed by atoms with Crippen molar-refractivity contribution in [3.8, 4) is 0 Å². The van der Waals surface area contributed by atoms with Gasteiger partial charge in [0.2, 0.25) is 0 Å². The molecule has 0 atom stereocenters. The van der Waals surface area contributed by atoms with Crippen molar-refractivity contribution in [3.05, 3.63) is 40.9 Å². The second-order valence-corrected chi connectivity index (χ2v) is 6.40. The molecule has 1 N–H and O–H groups in total. The molecule has 0 aliphatic heterocycles. The minimum Gasteiger partial charge on any atom is -0.312 e. The van der Waals surface area contributed by atoms with Crippen LogP contribution in [0.4, 0.5) is 0 Å². The fourth-order valence-corrected chi connectivity index (χ4v) is 3.15. The number of sulfone groups is 1. The average Bonchev–Trinajstić information content (AvgIpc) is 2.23. The zero-order valence-corrected chi connectivity index (χ0v) is 11.4. The zero-order valence-electron chi connectivity index (χ0n) is 9.12. The molecule has 0 fully saturated rings. The molecule has 1 aromatic rings. The Morgan fingerprint density at radius 3 is 2.35 bits per heavy atom. The lowest BCUT2D eigenvalue weighted by atomic mass is 10.4. The molecule has 1 rings (SSSR count). The van der Waals surface area contributed by atoms with Crippen LogP contribution in [0.5, 0.6) is 0 Å². The maximum absolute atomic E-state index is 11.9. The van der Waals surface area contributed by atoms with Gasteiger partial charge in [-0.1, -0.05) is 29.3 Å². The Morgan fingerprint density at radius 1 is 1.24 bits per heavy atom. The monoisotopic (exact) mass is 293 g/mol. The summed E-state index contributed by atoms with van der Waals surface area (Å²) in [6.45, 7) is 4.46. The van der Waals surface area contributed by atoms with Gasteiger partial charge >= 0.3 is 0 Å². The summed E-state index contributed by atoms with van der Waals surface area (Å²) in [5, 5.41) is 3.56. The number of benzene rings is 1. The molecule has 3 nitrogen and oxygen atoms in total. The molecule has 0 aliphatic rings. The summed E-state index contributed by atoms with van der Waals surface area (Å²) in [6.07, 6.45) is 1.67. The Bertz CT molecular complexity index is 480.